The fourth-order valence-electron chi connectivity index (χ4n) is 5.22. The molecule has 19 nitrogen and oxygen atoms in total. The van der Waals surface area contributed by atoms with Crippen LogP contribution in [0.3, 0.4) is 0 Å². The molecule has 0 spiro atoms. The molecule has 268 valence electrons. The molecule has 1 unspecified atom stereocenters. The predicted molar refractivity (Wildman–Crippen MR) is 178 cm³/mol. The number of nitrogens with two attached hydrogens (primary N) is 2. The van der Waals surface area contributed by atoms with E-state index < -0.39 is 57.2 Å². The van der Waals surface area contributed by atoms with Gasteiger partial charge in [0, 0.05) is 29.9 Å². The normalized spacial score (nSPS) is 19.7. The van der Waals surface area contributed by atoms with Crippen molar-refractivity contribution < 1.29 is 46.3 Å². The number of thiazole rings is 1. The molecule has 2 aromatic heterocycles. The number of oxime groups is 1. The number of fused-ring (bicyclic) bond motifs is 1. The average Bonchev–Trinajstić information content (AvgIpc) is 3.50. The van der Waals surface area contributed by atoms with E-state index in [0.717, 1.165) is 34.4 Å². The van der Waals surface area contributed by atoms with Crippen molar-refractivity contribution in [1.29, 1.82) is 0 Å². The second-order valence-corrected chi connectivity index (χ2v) is 13.9. The Balaban J connectivity index is 1.33. The molecule has 2 aliphatic rings. The molecule has 8 N–H and O–H groups in total. The zero-order chi connectivity index (χ0) is 36.4. The number of hydrogen-bond donors (Lipinski definition) is 6. The number of carbonyl (C=O) groups is 3. The number of β-lactam (4-membered cyclic amide) rings is 1. The third kappa shape index (κ3) is 7.60. The molecular weight excluding hydrogens is 699 g/mol. The second-order valence-electron chi connectivity index (χ2n) is 12.0. The summed E-state index contributed by atoms with van der Waals surface area (Å²) in [6.45, 7) is 5.19. The number of carboxylic acids is 1. The number of anilines is 2. The van der Waals surface area contributed by atoms with Crippen molar-refractivity contribution in [3.8, 4) is 16.9 Å². The van der Waals surface area contributed by atoms with Gasteiger partial charge >= 0.3 is 16.4 Å². The molecule has 2 amide bonds. The van der Waals surface area contributed by atoms with E-state index in [1.807, 2.05) is 6.07 Å². The van der Waals surface area contributed by atoms with Gasteiger partial charge in [0.1, 0.15) is 17.5 Å². The number of nitrogens with zero attached hydrogens (tertiary/aromatic N) is 5. The highest BCUT2D eigenvalue weighted by atomic mass is 32.3. The molecule has 4 heterocycles. The Morgan fingerprint density at radius 1 is 1.26 bits per heavy atom. The first-order chi connectivity index (χ1) is 23.5. The van der Waals surface area contributed by atoms with Gasteiger partial charge in [-0.2, -0.15) is 13.5 Å². The van der Waals surface area contributed by atoms with Gasteiger partial charge in [0.25, 0.3) is 17.4 Å². The number of carboxylic acid groups (broad SMARTS) is 1. The van der Waals surface area contributed by atoms with Gasteiger partial charge < -0.3 is 36.8 Å². The molecule has 21 heteroatoms. The summed E-state index contributed by atoms with van der Waals surface area (Å²) >= 11 is 0.964. The van der Waals surface area contributed by atoms with E-state index in [2.05, 4.69) is 35.0 Å². The van der Waals surface area contributed by atoms with Gasteiger partial charge in [-0.15, -0.1) is 15.6 Å². The van der Waals surface area contributed by atoms with Crippen molar-refractivity contribution in [3.63, 3.8) is 0 Å². The van der Waals surface area contributed by atoms with Crippen LogP contribution < -0.4 is 26.8 Å². The van der Waals surface area contributed by atoms with Gasteiger partial charge in [0.2, 0.25) is 5.95 Å². The zero-order valence-corrected chi connectivity index (χ0v) is 28.7. The lowest BCUT2D eigenvalue weighted by molar-refractivity contribution is -0.218. The second kappa shape index (κ2) is 14.1. The van der Waals surface area contributed by atoms with Crippen LogP contribution in [0.25, 0.3) is 11.1 Å². The van der Waals surface area contributed by atoms with Crippen molar-refractivity contribution >= 4 is 56.3 Å². The van der Waals surface area contributed by atoms with Gasteiger partial charge in [0.15, 0.2) is 16.9 Å². The molecule has 50 heavy (non-hydrogen) atoms. The van der Waals surface area contributed by atoms with Crippen LogP contribution in [0.2, 0.25) is 0 Å². The quantitative estimate of drug-likeness (QED) is 0.0438. The van der Waals surface area contributed by atoms with E-state index in [-0.39, 0.29) is 17.2 Å². The zero-order valence-electron chi connectivity index (χ0n) is 27.0. The van der Waals surface area contributed by atoms with Crippen LogP contribution in [0.15, 0.2) is 41.1 Å². The summed E-state index contributed by atoms with van der Waals surface area (Å²) in [5, 5.41) is 21.5. The maximum absolute atomic E-state index is 13.5. The first kappa shape index (κ1) is 36.3. The monoisotopic (exact) mass is 733 g/mol. The number of ether oxygens (including phenoxy) is 1. The number of amides is 2. The molecule has 3 atom stereocenters. The molecule has 0 bridgehead atoms. The van der Waals surface area contributed by atoms with E-state index in [1.165, 1.54) is 26.2 Å². The molecule has 5 rings (SSSR count). The van der Waals surface area contributed by atoms with E-state index in [0.29, 0.717) is 36.3 Å². The van der Waals surface area contributed by atoms with Crippen LogP contribution in [0.1, 0.15) is 44.9 Å². The number of aryl methyl sites for hydroxylation is 1. The summed E-state index contributed by atoms with van der Waals surface area (Å²) < 4.78 is 41.8. The average molecular weight is 734 g/mol. The minimum Gasteiger partial charge on any atom is -0.485 e. The highest BCUT2D eigenvalue weighted by Crippen LogP contribution is 2.37. The van der Waals surface area contributed by atoms with Gasteiger partial charge in [-0.25, -0.2) is 19.7 Å². The Morgan fingerprint density at radius 3 is 2.58 bits per heavy atom. The third-order valence-electron chi connectivity index (χ3n) is 8.12. The topological polar surface area (TPSA) is 284 Å². The van der Waals surface area contributed by atoms with E-state index in [9.17, 15) is 27.9 Å². The fourth-order valence-corrected chi connectivity index (χ4v) is 6.22. The minimum absolute atomic E-state index is 0.0579. The number of carbonyl (C=O) groups excluding carboxylic acids is 2. The molecule has 2 aliphatic heterocycles. The van der Waals surface area contributed by atoms with Crippen molar-refractivity contribution in [2.75, 3.05) is 24.1 Å². The summed E-state index contributed by atoms with van der Waals surface area (Å²) in [4.78, 5) is 57.1. The molecule has 0 saturated carbocycles. The van der Waals surface area contributed by atoms with Crippen LogP contribution in [0.4, 0.5) is 11.1 Å². The highest BCUT2D eigenvalue weighted by Gasteiger charge is 2.58. The summed E-state index contributed by atoms with van der Waals surface area (Å²) in [7, 11) is -5.03. The maximum Gasteiger partial charge on any atom is 0.418 e. The predicted octanol–water partition coefficient (Wildman–Crippen LogP) is 0.741. The van der Waals surface area contributed by atoms with Crippen molar-refractivity contribution in [2.45, 2.75) is 63.3 Å². The maximum atomic E-state index is 13.5. The number of hydrogen-bond acceptors (Lipinski definition) is 16. The smallest absolute Gasteiger partial charge is 0.418 e. The number of aromatic nitrogens is 3. The molecule has 3 aromatic rings. The number of nitrogens with one attached hydrogen (secondary N) is 2. The van der Waals surface area contributed by atoms with Crippen molar-refractivity contribution in [1.82, 2.24) is 25.3 Å². The summed E-state index contributed by atoms with van der Waals surface area (Å²) in [6, 6.07) is 4.07. The minimum atomic E-state index is -5.03. The van der Waals surface area contributed by atoms with Gasteiger partial charge in [-0.1, -0.05) is 11.2 Å². The molecular formula is C29H35N9O10S2. The van der Waals surface area contributed by atoms with E-state index in [1.54, 1.807) is 24.5 Å². The van der Waals surface area contributed by atoms with Crippen molar-refractivity contribution in [3.05, 3.63) is 47.2 Å². The first-order valence-corrected chi connectivity index (χ1v) is 17.4. The number of benzene rings is 1. The Labute approximate surface area is 289 Å². The number of rotatable bonds is 14. The van der Waals surface area contributed by atoms with Crippen LogP contribution in [0, 0.1) is 0 Å². The SMILES string of the molecule is CC(O/N=C(\C(=O)N[C@@H]1C(=O)N(OS(=O)(=O)O)C1(C)C)c1csc(N)n1)(C(=O)O)[C@H]1CCc2cc(-c3cnc(NCCCN)nc3)ccc2O1. The van der Waals surface area contributed by atoms with Crippen LogP contribution in [-0.2, 0) is 40.3 Å². The van der Waals surface area contributed by atoms with E-state index in [4.69, 9.17) is 25.6 Å². The molecule has 0 aliphatic carbocycles. The summed E-state index contributed by atoms with van der Waals surface area (Å²) in [5.41, 5.74) is 9.54. The number of hydroxylamine groups is 2. The third-order valence-corrected chi connectivity index (χ3v) is 9.13. The highest BCUT2D eigenvalue weighted by molar-refractivity contribution is 7.80. The van der Waals surface area contributed by atoms with Gasteiger partial charge in [0.05, 0.1) is 5.54 Å². The van der Waals surface area contributed by atoms with Crippen LogP contribution in [0.5, 0.6) is 5.75 Å². The van der Waals surface area contributed by atoms with Crippen LogP contribution >= 0.6 is 11.3 Å². The first-order valence-electron chi connectivity index (χ1n) is 15.1. The number of nitrogen functional groups attached to an aromatic ring is 1. The number of aliphatic carboxylic acids is 1. The Morgan fingerprint density at radius 2 is 1.98 bits per heavy atom. The molecule has 0 radical (unpaired) electrons. The Hall–Kier alpha value is -4.96. The largest absolute Gasteiger partial charge is 0.485 e. The lowest BCUT2D eigenvalue weighted by Gasteiger charge is -2.50. The van der Waals surface area contributed by atoms with Gasteiger partial charge in [-0.05, 0) is 69.8 Å². The fraction of sp³-hybridized carbons (Fsp3) is 0.414. The Kier molecular flexibility index (Phi) is 10.3. The lowest BCUT2D eigenvalue weighted by Crippen LogP contribution is -2.76. The Bertz CT molecular complexity index is 1920. The molecule has 1 saturated heterocycles. The molecule has 1 fully saturated rings. The van der Waals surface area contributed by atoms with E-state index >= 15 is 0 Å². The summed E-state index contributed by atoms with van der Waals surface area (Å²) in [5.74, 6) is -2.54. The summed E-state index contributed by atoms with van der Waals surface area (Å²) in [6.07, 6.45) is 3.72. The van der Waals surface area contributed by atoms with Crippen molar-refractivity contribution in [2.24, 2.45) is 10.9 Å². The van der Waals surface area contributed by atoms with Crippen LogP contribution in [-0.4, -0.2) is 98.0 Å². The lowest BCUT2D eigenvalue weighted by atomic mass is 9.84. The molecule has 1 aromatic carbocycles. The van der Waals surface area contributed by atoms with Gasteiger partial charge in [-0.3, -0.25) is 14.1 Å². The standard InChI is InChI=1S/C29H35N9O10S2/c1-28(2)22(24(40)38(28)48-50(43,44)45)36-23(39)21(18-14-49-26(31)35-18)37-47-29(3,25(41)42)20-8-6-16-11-15(5-7-19(16)46-20)17-12-33-27(34-13-17)32-10-4-9-30/h5,7,11-14,20,22H,4,6,8-10,30H2,1-3H3,(H2,31,35)(H,36,39)(H,41,42)(H,32,33,34)(H,43,44,45)/b37-21-/t20-,22-,29?/m1/s1.